The Morgan fingerprint density at radius 1 is 1.03 bits per heavy atom. The van der Waals surface area contributed by atoms with E-state index in [1.54, 1.807) is 25.3 Å². The Morgan fingerprint density at radius 3 is 2.36 bits per heavy atom. The lowest BCUT2D eigenvalue weighted by molar-refractivity contribution is -0.132. The highest BCUT2D eigenvalue weighted by Crippen LogP contribution is 2.46. The van der Waals surface area contributed by atoms with E-state index in [0.717, 1.165) is 16.8 Å². The van der Waals surface area contributed by atoms with E-state index in [1.165, 1.54) is 4.90 Å². The van der Waals surface area contributed by atoms with Gasteiger partial charge in [-0.05, 0) is 65.9 Å². The van der Waals surface area contributed by atoms with E-state index in [9.17, 15) is 14.7 Å². The molecule has 1 atom stereocenters. The van der Waals surface area contributed by atoms with E-state index in [1.807, 2.05) is 76.2 Å². The molecule has 1 fully saturated rings. The van der Waals surface area contributed by atoms with Crippen molar-refractivity contribution in [1.82, 2.24) is 0 Å². The summed E-state index contributed by atoms with van der Waals surface area (Å²) >= 11 is 0. The molecule has 8 heteroatoms. The summed E-state index contributed by atoms with van der Waals surface area (Å²) in [6.45, 7) is 5.99. The van der Waals surface area contributed by atoms with Gasteiger partial charge in [0.15, 0.2) is 11.5 Å². The number of aliphatic hydroxyl groups excluding tert-OH is 1. The molecule has 202 valence electrons. The molecule has 0 saturated carbocycles. The minimum atomic E-state index is -0.856. The SMILES string of the molecule is COc1cc(C)c(/C(O)=C2\C(=O)C(=O)N(c3ccc4c(c3)OCO4)C2c2ccc(N(C)C)cc2)cc1C(C)C. The first-order valence-corrected chi connectivity index (χ1v) is 12.8. The highest BCUT2D eigenvalue weighted by atomic mass is 16.7. The molecular formula is C31H32N2O6. The number of hydrogen-bond donors (Lipinski definition) is 1. The van der Waals surface area contributed by atoms with Gasteiger partial charge in [-0.25, -0.2) is 0 Å². The van der Waals surface area contributed by atoms with Gasteiger partial charge in [0.25, 0.3) is 11.7 Å². The molecule has 0 radical (unpaired) electrons. The van der Waals surface area contributed by atoms with E-state index < -0.39 is 17.7 Å². The maximum Gasteiger partial charge on any atom is 0.300 e. The first-order valence-electron chi connectivity index (χ1n) is 12.8. The number of ketones is 1. The van der Waals surface area contributed by atoms with Gasteiger partial charge in [0.1, 0.15) is 11.5 Å². The number of fused-ring (bicyclic) bond motifs is 1. The third kappa shape index (κ3) is 4.46. The summed E-state index contributed by atoms with van der Waals surface area (Å²) in [4.78, 5) is 30.6. The molecular weight excluding hydrogens is 496 g/mol. The Bertz CT molecular complexity index is 1490. The standard InChI is InChI=1S/C31H32N2O6/c1-17(2)22-15-23(18(3)13-25(22)37-6)29(34)27-28(19-7-9-20(10-8-19)32(4)5)33(31(36)30(27)35)21-11-12-24-26(14-21)39-16-38-24/h7-15,17,28,34H,16H2,1-6H3/b29-27+. The van der Waals surface area contributed by atoms with Gasteiger partial charge >= 0.3 is 0 Å². The number of nitrogens with zero attached hydrogens (tertiary/aromatic N) is 2. The fourth-order valence-electron chi connectivity index (χ4n) is 5.13. The Morgan fingerprint density at radius 2 is 1.72 bits per heavy atom. The number of aliphatic hydroxyl groups is 1. The summed E-state index contributed by atoms with van der Waals surface area (Å²) in [5, 5.41) is 11.7. The fraction of sp³-hybridized carbons (Fsp3) is 0.290. The van der Waals surface area contributed by atoms with Gasteiger partial charge in [-0.3, -0.25) is 14.5 Å². The molecule has 1 saturated heterocycles. The molecule has 1 amide bonds. The quantitative estimate of drug-likeness (QED) is 0.255. The lowest BCUT2D eigenvalue weighted by Crippen LogP contribution is -2.29. The van der Waals surface area contributed by atoms with E-state index in [4.69, 9.17) is 14.2 Å². The number of anilines is 2. The van der Waals surface area contributed by atoms with Crippen molar-refractivity contribution in [2.24, 2.45) is 0 Å². The largest absolute Gasteiger partial charge is 0.507 e. The average molecular weight is 529 g/mol. The zero-order chi connectivity index (χ0) is 28.0. The first kappa shape index (κ1) is 26.2. The summed E-state index contributed by atoms with van der Waals surface area (Å²) in [6.07, 6.45) is 0. The van der Waals surface area contributed by atoms with Crippen LogP contribution in [-0.4, -0.2) is 44.8 Å². The van der Waals surface area contributed by atoms with Gasteiger partial charge in [0.2, 0.25) is 6.79 Å². The first-order chi connectivity index (χ1) is 18.6. The zero-order valence-electron chi connectivity index (χ0n) is 22.9. The second-order valence-electron chi connectivity index (χ2n) is 10.3. The second kappa shape index (κ2) is 10.0. The van der Waals surface area contributed by atoms with Crippen molar-refractivity contribution in [2.75, 3.05) is 37.8 Å². The Labute approximate surface area is 228 Å². The third-order valence-electron chi connectivity index (χ3n) is 7.26. The van der Waals surface area contributed by atoms with Crippen LogP contribution in [0.1, 0.15) is 48.1 Å². The molecule has 0 aromatic heterocycles. The van der Waals surface area contributed by atoms with Crippen molar-refractivity contribution in [2.45, 2.75) is 32.7 Å². The minimum Gasteiger partial charge on any atom is -0.507 e. The van der Waals surface area contributed by atoms with Crippen LogP contribution >= 0.6 is 0 Å². The zero-order valence-corrected chi connectivity index (χ0v) is 22.9. The average Bonchev–Trinajstić information content (AvgIpc) is 3.49. The Hall–Kier alpha value is -4.46. The van der Waals surface area contributed by atoms with Crippen LogP contribution < -0.4 is 24.0 Å². The van der Waals surface area contributed by atoms with E-state index in [2.05, 4.69) is 0 Å². The number of carbonyl (C=O) groups excluding carboxylic acids is 2. The predicted octanol–water partition coefficient (Wildman–Crippen LogP) is 5.55. The highest BCUT2D eigenvalue weighted by Gasteiger charge is 2.47. The molecule has 0 aliphatic carbocycles. The summed E-state index contributed by atoms with van der Waals surface area (Å²) in [6, 6.07) is 15.5. The molecule has 39 heavy (non-hydrogen) atoms. The summed E-state index contributed by atoms with van der Waals surface area (Å²) in [7, 11) is 5.48. The number of aryl methyl sites for hydroxylation is 1. The van der Waals surface area contributed by atoms with Crippen molar-refractivity contribution in [3.63, 3.8) is 0 Å². The predicted molar refractivity (Wildman–Crippen MR) is 150 cm³/mol. The highest BCUT2D eigenvalue weighted by molar-refractivity contribution is 6.51. The molecule has 2 aliphatic heterocycles. The minimum absolute atomic E-state index is 0.0262. The van der Waals surface area contributed by atoms with Gasteiger partial charge < -0.3 is 24.2 Å². The van der Waals surface area contributed by atoms with Crippen molar-refractivity contribution in [3.05, 3.63) is 82.4 Å². The van der Waals surface area contributed by atoms with Gasteiger partial charge in [0.05, 0.1) is 18.7 Å². The molecule has 8 nitrogen and oxygen atoms in total. The fourth-order valence-corrected chi connectivity index (χ4v) is 5.13. The van der Waals surface area contributed by atoms with E-state index in [0.29, 0.717) is 34.1 Å². The Balaban J connectivity index is 1.73. The number of hydrogen-bond acceptors (Lipinski definition) is 7. The van der Waals surface area contributed by atoms with Crippen molar-refractivity contribution in [1.29, 1.82) is 0 Å². The smallest absolute Gasteiger partial charge is 0.300 e. The summed E-state index contributed by atoms with van der Waals surface area (Å²) in [5.41, 5.74) is 4.25. The summed E-state index contributed by atoms with van der Waals surface area (Å²) in [5.74, 6) is 0.162. The number of amides is 1. The summed E-state index contributed by atoms with van der Waals surface area (Å²) < 4.78 is 16.5. The van der Waals surface area contributed by atoms with E-state index >= 15 is 0 Å². The molecule has 0 bridgehead atoms. The lowest BCUT2D eigenvalue weighted by Gasteiger charge is -2.26. The Kier molecular flexibility index (Phi) is 6.72. The van der Waals surface area contributed by atoms with Crippen LogP contribution in [0.4, 0.5) is 11.4 Å². The number of benzene rings is 3. The normalized spacial score (nSPS) is 17.7. The van der Waals surface area contributed by atoms with E-state index in [-0.39, 0.29) is 24.0 Å². The molecule has 5 rings (SSSR count). The van der Waals surface area contributed by atoms with Gasteiger partial charge in [0, 0.05) is 37.1 Å². The van der Waals surface area contributed by atoms with Gasteiger partial charge in [-0.1, -0.05) is 26.0 Å². The van der Waals surface area contributed by atoms with Crippen LogP contribution in [0.5, 0.6) is 17.2 Å². The molecule has 2 aliphatic rings. The van der Waals surface area contributed by atoms with Crippen LogP contribution in [-0.2, 0) is 9.59 Å². The third-order valence-corrected chi connectivity index (χ3v) is 7.26. The maximum atomic E-state index is 13.7. The van der Waals surface area contributed by atoms with Crippen molar-refractivity contribution < 1.29 is 28.9 Å². The van der Waals surface area contributed by atoms with Crippen LogP contribution in [0, 0.1) is 6.92 Å². The van der Waals surface area contributed by atoms with Crippen LogP contribution in [0.15, 0.2) is 60.2 Å². The molecule has 1 N–H and O–H groups in total. The molecule has 3 aromatic carbocycles. The van der Waals surface area contributed by atoms with Crippen molar-refractivity contribution >= 4 is 28.8 Å². The lowest BCUT2D eigenvalue weighted by atomic mass is 9.91. The number of Topliss-reactive ketones (excluding diaryl/α,β-unsaturated/α-hetero) is 1. The molecule has 1 unspecified atom stereocenters. The number of ether oxygens (including phenoxy) is 3. The maximum absolute atomic E-state index is 13.7. The number of rotatable bonds is 6. The van der Waals surface area contributed by atoms with Gasteiger partial charge in [-0.2, -0.15) is 0 Å². The molecule has 2 heterocycles. The second-order valence-corrected chi connectivity index (χ2v) is 10.3. The monoisotopic (exact) mass is 528 g/mol. The molecule has 3 aromatic rings. The van der Waals surface area contributed by atoms with Crippen molar-refractivity contribution in [3.8, 4) is 17.2 Å². The molecule has 0 spiro atoms. The number of methoxy groups -OCH3 is 1. The van der Waals surface area contributed by atoms with Crippen LogP contribution in [0.25, 0.3) is 5.76 Å². The van der Waals surface area contributed by atoms with Gasteiger partial charge in [-0.15, -0.1) is 0 Å². The van der Waals surface area contributed by atoms with Crippen LogP contribution in [0.2, 0.25) is 0 Å². The van der Waals surface area contributed by atoms with Crippen LogP contribution in [0.3, 0.4) is 0 Å². The number of carbonyl (C=O) groups is 2. The topological polar surface area (TPSA) is 88.5 Å².